The van der Waals surface area contributed by atoms with Gasteiger partial charge in [-0.1, -0.05) is 13.3 Å². The van der Waals surface area contributed by atoms with E-state index in [1.807, 2.05) is 6.92 Å². The van der Waals surface area contributed by atoms with E-state index >= 15 is 0 Å². The second-order valence-corrected chi connectivity index (χ2v) is 8.23. The molecule has 0 aromatic heterocycles. The van der Waals surface area contributed by atoms with Crippen molar-refractivity contribution in [3.8, 4) is 0 Å². The number of hydrogen-bond acceptors (Lipinski definition) is 10. The fourth-order valence-corrected chi connectivity index (χ4v) is 4.24. The summed E-state index contributed by atoms with van der Waals surface area (Å²) in [6.45, 7) is 5.63. The molecule has 0 aromatic rings. The Bertz CT molecular complexity index is 627. The predicted molar refractivity (Wildman–Crippen MR) is 89.8 cm³/mol. The Labute approximate surface area is 159 Å². The molecule has 0 saturated carbocycles. The van der Waals surface area contributed by atoms with Crippen LogP contribution in [0.5, 0.6) is 0 Å². The van der Waals surface area contributed by atoms with Gasteiger partial charge < -0.3 is 28.4 Å². The van der Waals surface area contributed by atoms with E-state index in [9.17, 15) is 8.42 Å². The first-order valence-corrected chi connectivity index (χ1v) is 10.3. The Hall–Kier alpha value is -0.370. The Balaban J connectivity index is 1.91. The average molecular weight is 412 g/mol. The van der Waals surface area contributed by atoms with Crippen molar-refractivity contribution in [3.63, 3.8) is 0 Å². The molecule has 0 N–H and O–H groups in total. The molecule has 3 aliphatic rings. The number of hydrogen-bond donors (Lipinski definition) is 0. The highest BCUT2D eigenvalue weighted by Crippen LogP contribution is 2.45. The maximum atomic E-state index is 11.8. The normalized spacial score (nSPS) is 46.5. The van der Waals surface area contributed by atoms with Crippen molar-refractivity contribution in [2.45, 2.75) is 75.9 Å². The monoisotopic (exact) mass is 412 g/mol. The maximum Gasteiger partial charge on any atom is 0.400 e. The van der Waals surface area contributed by atoms with Crippen LogP contribution in [0, 0.1) is 0 Å². The third-order valence-electron chi connectivity index (χ3n) is 5.30. The first kappa shape index (κ1) is 21.3. The third-order valence-corrected chi connectivity index (χ3v) is 6.19. The second kappa shape index (κ2) is 7.81. The molecule has 27 heavy (non-hydrogen) atoms. The van der Waals surface area contributed by atoms with E-state index in [0.717, 1.165) is 12.8 Å². The minimum absolute atomic E-state index is 0.196. The van der Waals surface area contributed by atoms with Crippen molar-refractivity contribution in [1.29, 1.82) is 0 Å². The highest BCUT2D eigenvalue weighted by molar-refractivity contribution is 7.81. The fourth-order valence-electron chi connectivity index (χ4n) is 3.38. The molecule has 3 fully saturated rings. The molecule has 158 valence electrons. The van der Waals surface area contributed by atoms with Crippen molar-refractivity contribution in [2.75, 3.05) is 27.4 Å². The summed E-state index contributed by atoms with van der Waals surface area (Å²) in [5, 5.41) is 0. The van der Waals surface area contributed by atoms with Gasteiger partial charge in [-0.2, -0.15) is 8.42 Å². The molecular formula is C16H28O10S. The zero-order valence-electron chi connectivity index (χ0n) is 16.2. The number of unbranched alkanes of at least 4 members (excludes halogenated alkanes) is 1. The fraction of sp³-hybridized carbons (Fsp3) is 1.00. The summed E-state index contributed by atoms with van der Waals surface area (Å²) >= 11 is 0. The maximum absolute atomic E-state index is 11.8. The van der Waals surface area contributed by atoms with E-state index in [1.54, 1.807) is 13.8 Å². The lowest BCUT2D eigenvalue weighted by molar-refractivity contribution is -0.484. The van der Waals surface area contributed by atoms with Crippen LogP contribution in [-0.2, 0) is 47.2 Å². The van der Waals surface area contributed by atoms with Crippen LogP contribution in [-0.4, -0.2) is 78.1 Å². The molecule has 0 radical (unpaired) electrons. The second-order valence-electron chi connectivity index (χ2n) is 6.99. The van der Waals surface area contributed by atoms with Gasteiger partial charge in [0.25, 0.3) is 0 Å². The van der Waals surface area contributed by atoms with Gasteiger partial charge in [-0.05, 0) is 20.3 Å². The van der Waals surface area contributed by atoms with E-state index in [2.05, 4.69) is 0 Å². The number of fused-ring (bicyclic) bond motifs is 3. The minimum atomic E-state index is -4.15. The van der Waals surface area contributed by atoms with Crippen molar-refractivity contribution < 1.29 is 45.2 Å². The van der Waals surface area contributed by atoms with E-state index in [0.29, 0.717) is 6.61 Å². The summed E-state index contributed by atoms with van der Waals surface area (Å²) in [5.41, 5.74) is 0. The summed E-state index contributed by atoms with van der Waals surface area (Å²) in [7, 11) is -1.23. The number of rotatable bonds is 6. The van der Waals surface area contributed by atoms with Gasteiger partial charge >= 0.3 is 10.4 Å². The van der Waals surface area contributed by atoms with E-state index in [1.165, 1.54) is 14.2 Å². The van der Waals surface area contributed by atoms with Gasteiger partial charge in [-0.25, -0.2) is 8.37 Å². The summed E-state index contributed by atoms with van der Waals surface area (Å²) in [5.74, 6) is -2.60. The summed E-state index contributed by atoms with van der Waals surface area (Å²) in [6.07, 6.45) is -2.29. The largest absolute Gasteiger partial charge is 0.400 e. The topological polar surface area (TPSA) is 108 Å². The smallest absolute Gasteiger partial charge is 0.350 e. The summed E-state index contributed by atoms with van der Waals surface area (Å²) in [6, 6.07) is 0. The Morgan fingerprint density at radius 3 is 2.26 bits per heavy atom. The predicted octanol–water partition coefficient (Wildman–Crippen LogP) is 0.697. The summed E-state index contributed by atoms with van der Waals surface area (Å²) in [4.78, 5) is 0. The quantitative estimate of drug-likeness (QED) is 0.578. The highest BCUT2D eigenvalue weighted by atomic mass is 32.3. The molecule has 10 nitrogen and oxygen atoms in total. The van der Waals surface area contributed by atoms with Crippen molar-refractivity contribution in [2.24, 2.45) is 0 Å². The molecule has 0 aromatic carbocycles. The first-order valence-electron chi connectivity index (χ1n) is 8.99. The van der Waals surface area contributed by atoms with Crippen molar-refractivity contribution >= 4 is 10.4 Å². The summed E-state index contributed by atoms with van der Waals surface area (Å²) < 4.78 is 68.6. The molecule has 7 atom stereocenters. The average Bonchev–Trinajstić information content (AvgIpc) is 2.63. The number of ether oxygens (including phenoxy) is 6. The van der Waals surface area contributed by atoms with Crippen LogP contribution in [0.2, 0.25) is 0 Å². The molecule has 0 amide bonds. The first-order chi connectivity index (χ1) is 12.7. The van der Waals surface area contributed by atoms with E-state index < -0.39 is 52.7 Å². The third kappa shape index (κ3) is 3.89. The van der Waals surface area contributed by atoms with Gasteiger partial charge in [0.15, 0.2) is 6.29 Å². The van der Waals surface area contributed by atoms with Gasteiger partial charge in [0.1, 0.15) is 24.4 Å². The van der Waals surface area contributed by atoms with E-state index in [4.69, 9.17) is 36.8 Å². The molecule has 11 heteroatoms. The van der Waals surface area contributed by atoms with Gasteiger partial charge in [-0.15, -0.1) is 0 Å². The lowest BCUT2D eigenvalue weighted by Gasteiger charge is -2.57. The van der Waals surface area contributed by atoms with Crippen LogP contribution in [0.4, 0.5) is 0 Å². The molecule has 0 aliphatic carbocycles. The SMILES string of the molecule is CCCCO[C@@H]1O[C@@H]2COS(=O)(=O)O[C@@H]2[C@@H]2O[C@@](C)(OC)[C@](C)(OC)O[C@@H]12. The van der Waals surface area contributed by atoms with Gasteiger partial charge in [0.05, 0.1) is 6.61 Å². The van der Waals surface area contributed by atoms with Gasteiger partial charge in [0, 0.05) is 20.8 Å². The molecule has 0 unspecified atom stereocenters. The van der Waals surface area contributed by atoms with Crippen LogP contribution in [0.15, 0.2) is 0 Å². The van der Waals surface area contributed by atoms with Crippen LogP contribution in [0.3, 0.4) is 0 Å². The Kier molecular flexibility index (Phi) is 6.17. The molecule has 3 aliphatic heterocycles. The van der Waals surface area contributed by atoms with Crippen LogP contribution in [0.1, 0.15) is 33.6 Å². The van der Waals surface area contributed by atoms with Crippen LogP contribution >= 0.6 is 0 Å². The zero-order valence-corrected chi connectivity index (χ0v) is 17.0. The number of methoxy groups -OCH3 is 2. The Morgan fingerprint density at radius 2 is 1.67 bits per heavy atom. The highest BCUT2D eigenvalue weighted by Gasteiger charge is 2.64. The molecule has 0 bridgehead atoms. The van der Waals surface area contributed by atoms with Gasteiger partial charge in [-0.3, -0.25) is 0 Å². The minimum Gasteiger partial charge on any atom is -0.350 e. The zero-order chi connectivity index (χ0) is 19.9. The van der Waals surface area contributed by atoms with Crippen molar-refractivity contribution in [1.82, 2.24) is 0 Å². The standard InChI is InChI=1S/C16H28O10S/c1-6-7-8-21-14-13-12(11-10(23-14)9-22-27(17,18)26-11)24-15(2,19-4)16(3,20-5)25-13/h10-14H,6-9H2,1-5H3/t10-,11+,12+,13-,14-,15-,16-/m1/s1. The molecular weight excluding hydrogens is 384 g/mol. The molecule has 0 spiro atoms. The van der Waals surface area contributed by atoms with Crippen LogP contribution in [0.25, 0.3) is 0 Å². The molecule has 3 saturated heterocycles. The van der Waals surface area contributed by atoms with E-state index in [-0.39, 0.29) is 6.61 Å². The molecule has 3 rings (SSSR count). The van der Waals surface area contributed by atoms with Crippen LogP contribution < -0.4 is 0 Å². The lowest BCUT2D eigenvalue weighted by Crippen LogP contribution is -2.74. The lowest BCUT2D eigenvalue weighted by atomic mass is 9.94. The van der Waals surface area contributed by atoms with Crippen molar-refractivity contribution in [3.05, 3.63) is 0 Å². The molecule has 3 heterocycles. The Morgan fingerprint density at radius 1 is 1.04 bits per heavy atom. The van der Waals surface area contributed by atoms with Gasteiger partial charge in [0.2, 0.25) is 11.6 Å².